The van der Waals surface area contributed by atoms with E-state index in [0.717, 1.165) is 0 Å². The van der Waals surface area contributed by atoms with Crippen molar-refractivity contribution in [3.05, 3.63) is 76.9 Å². The summed E-state index contributed by atoms with van der Waals surface area (Å²) >= 11 is 5.80. The van der Waals surface area contributed by atoms with E-state index in [1.807, 2.05) is 0 Å². The molecule has 2 aromatic carbocycles. The highest BCUT2D eigenvalue weighted by atomic mass is 35.5. The third kappa shape index (κ3) is 6.22. The number of nitrogens with zero attached hydrogens (tertiary/aromatic N) is 1. The molecule has 0 saturated heterocycles. The number of pyridine rings is 1. The van der Waals surface area contributed by atoms with Gasteiger partial charge in [-0.2, -0.15) is 13.2 Å². The van der Waals surface area contributed by atoms with Crippen LogP contribution >= 0.6 is 11.6 Å². The molecule has 33 heavy (non-hydrogen) atoms. The molecule has 1 heterocycles. The summed E-state index contributed by atoms with van der Waals surface area (Å²) in [6.07, 6.45) is -4.13. The van der Waals surface area contributed by atoms with Crippen molar-refractivity contribution in [2.75, 3.05) is 5.75 Å². The minimum atomic E-state index is -4.61. The molecule has 0 atom stereocenters. The highest BCUT2D eigenvalue weighted by Crippen LogP contribution is 2.34. The summed E-state index contributed by atoms with van der Waals surface area (Å²) in [4.78, 5) is 3.34. The molecular weight excluding hydrogens is 505 g/mol. The van der Waals surface area contributed by atoms with E-state index in [0.29, 0.717) is 12.3 Å². The molecule has 3 aromatic rings. The maximum Gasteiger partial charge on any atom is 0.417 e. The van der Waals surface area contributed by atoms with Crippen LogP contribution in [0.15, 0.2) is 70.6 Å². The van der Waals surface area contributed by atoms with Gasteiger partial charge in [0.05, 0.1) is 21.1 Å². The number of sulfonamides is 1. The molecule has 0 spiro atoms. The molecule has 0 unspecified atom stereocenters. The molecule has 0 amide bonds. The van der Waals surface area contributed by atoms with Crippen molar-refractivity contribution in [3.63, 3.8) is 0 Å². The zero-order valence-corrected chi connectivity index (χ0v) is 19.0. The highest BCUT2D eigenvalue weighted by Gasteiger charge is 2.31. The van der Waals surface area contributed by atoms with Gasteiger partial charge in [-0.3, -0.25) is 0 Å². The Bertz CT molecular complexity index is 1380. The predicted octanol–water partition coefficient (Wildman–Crippen LogP) is 4.21. The number of primary sulfonamides is 1. The van der Waals surface area contributed by atoms with Gasteiger partial charge >= 0.3 is 6.18 Å². The Morgan fingerprint density at radius 3 is 2.21 bits per heavy atom. The second-order valence-corrected chi connectivity index (χ2v) is 10.8. The fourth-order valence-corrected chi connectivity index (χ4v) is 5.12. The molecular formula is C20H16ClF3N2O5S2. The molecule has 13 heteroatoms. The summed E-state index contributed by atoms with van der Waals surface area (Å²) < 4.78 is 92.1. The van der Waals surface area contributed by atoms with Gasteiger partial charge in [-0.1, -0.05) is 29.8 Å². The monoisotopic (exact) mass is 520 g/mol. The van der Waals surface area contributed by atoms with Crippen molar-refractivity contribution < 1.29 is 34.7 Å². The first-order valence-electron chi connectivity index (χ1n) is 9.11. The Kier molecular flexibility index (Phi) is 7.03. The highest BCUT2D eigenvalue weighted by molar-refractivity contribution is 7.91. The van der Waals surface area contributed by atoms with Crippen molar-refractivity contribution in [1.29, 1.82) is 0 Å². The number of aromatic nitrogens is 1. The van der Waals surface area contributed by atoms with Crippen LogP contribution in [0.2, 0.25) is 5.02 Å². The Morgan fingerprint density at radius 1 is 1.00 bits per heavy atom. The molecule has 0 fully saturated rings. The number of alkyl halides is 3. The number of benzene rings is 2. The molecule has 2 N–H and O–H groups in total. The third-order valence-corrected chi connectivity index (χ3v) is 7.47. The topological polar surface area (TPSA) is 116 Å². The molecule has 1 aromatic heterocycles. The largest absolute Gasteiger partial charge is 0.438 e. The van der Waals surface area contributed by atoms with E-state index in [1.165, 1.54) is 42.5 Å². The smallest absolute Gasteiger partial charge is 0.417 e. The van der Waals surface area contributed by atoms with Crippen molar-refractivity contribution in [3.8, 4) is 11.6 Å². The Balaban J connectivity index is 1.74. The molecule has 7 nitrogen and oxygen atoms in total. The number of halogens is 4. The van der Waals surface area contributed by atoms with Gasteiger partial charge in [0.1, 0.15) is 10.8 Å². The predicted molar refractivity (Wildman–Crippen MR) is 114 cm³/mol. The lowest BCUT2D eigenvalue weighted by Gasteiger charge is -2.11. The summed E-state index contributed by atoms with van der Waals surface area (Å²) in [7, 11) is -7.80. The Morgan fingerprint density at radius 2 is 1.64 bits per heavy atom. The van der Waals surface area contributed by atoms with Gasteiger partial charge in [0.2, 0.25) is 15.9 Å². The summed E-state index contributed by atoms with van der Waals surface area (Å²) in [6, 6.07) is 11.6. The van der Waals surface area contributed by atoms with Crippen molar-refractivity contribution in [2.24, 2.45) is 5.14 Å². The molecule has 0 radical (unpaired) electrons. The van der Waals surface area contributed by atoms with E-state index in [9.17, 15) is 30.0 Å². The lowest BCUT2D eigenvalue weighted by atomic mass is 10.2. The van der Waals surface area contributed by atoms with E-state index in [1.54, 1.807) is 6.07 Å². The first-order chi connectivity index (χ1) is 15.3. The van der Waals surface area contributed by atoms with Gasteiger partial charge in [-0.25, -0.2) is 27.0 Å². The van der Waals surface area contributed by atoms with Crippen molar-refractivity contribution >= 4 is 31.5 Å². The fraction of sp³-hybridized carbons (Fsp3) is 0.150. The van der Waals surface area contributed by atoms with Gasteiger partial charge < -0.3 is 4.74 Å². The minimum absolute atomic E-state index is 0.0607. The number of sulfone groups is 1. The van der Waals surface area contributed by atoms with E-state index in [-0.39, 0.29) is 44.2 Å². The van der Waals surface area contributed by atoms with Crippen molar-refractivity contribution in [1.82, 2.24) is 4.98 Å². The minimum Gasteiger partial charge on any atom is -0.438 e. The van der Waals surface area contributed by atoms with Crippen LogP contribution in [0.3, 0.4) is 0 Å². The second-order valence-electron chi connectivity index (χ2n) is 6.80. The molecule has 0 aliphatic rings. The first kappa shape index (κ1) is 25.0. The molecule has 0 aliphatic carbocycles. The van der Waals surface area contributed by atoms with Crippen LogP contribution in [0.4, 0.5) is 13.2 Å². The SMILES string of the molecule is NS(=O)(=O)c1ccccc1CCS(=O)(=O)c1ccc(Oc2ncc(C(F)(F)F)cc2Cl)cc1. The lowest BCUT2D eigenvalue weighted by Crippen LogP contribution is -2.16. The Hall–Kier alpha value is -2.67. The number of hydrogen-bond acceptors (Lipinski definition) is 6. The van der Waals surface area contributed by atoms with E-state index in [4.69, 9.17) is 21.5 Å². The van der Waals surface area contributed by atoms with Crippen LogP contribution in [0.25, 0.3) is 0 Å². The average Bonchev–Trinajstić information content (AvgIpc) is 2.73. The Labute approximate surface area is 192 Å². The second kappa shape index (κ2) is 9.29. The third-order valence-electron chi connectivity index (χ3n) is 4.45. The van der Waals surface area contributed by atoms with Crippen LogP contribution < -0.4 is 9.88 Å². The van der Waals surface area contributed by atoms with Gasteiger partial charge in [-0.15, -0.1) is 0 Å². The molecule has 176 valence electrons. The summed E-state index contributed by atoms with van der Waals surface area (Å²) in [5.41, 5.74) is -0.767. The van der Waals surface area contributed by atoms with Crippen LogP contribution in [0.5, 0.6) is 11.6 Å². The number of rotatable bonds is 7. The van der Waals surface area contributed by atoms with E-state index < -0.39 is 31.6 Å². The van der Waals surface area contributed by atoms with Gasteiger partial charge in [0, 0.05) is 6.20 Å². The van der Waals surface area contributed by atoms with Crippen LogP contribution in [-0.4, -0.2) is 27.6 Å². The molecule has 0 bridgehead atoms. The number of hydrogen-bond donors (Lipinski definition) is 1. The number of aryl methyl sites for hydroxylation is 1. The van der Waals surface area contributed by atoms with Gasteiger partial charge in [0.15, 0.2) is 9.84 Å². The zero-order valence-electron chi connectivity index (χ0n) is 16.6. The number of ether oxygens (including phenoxy) is 1. The van der Waals surface area contributed by atoms with Gasteiger partial charge in [-0.05, 0) is 48.4 Å². The maximum absolute atomic E-state index is 12.7. The zero-order chi connectivity index (χ0) is 24.4. The van der Waals surface area contributed by atoms with Crippen LogP contribution in [-0.2, 0) is 32.5 Å². The summed E-state index contributed by atoms with van der Waals surface area (Å²) in [5, 5.41) is 4.80. The number of nitrogens with two attached hydrogens (primary N) is 1. The van der Waals surface area contributed by atoms with Gasteiger partial charge in [0.25, 0.3) is 0 Å². The summed E-state index contributed by atoms with van der Waals surface area (Å²) in [5.74, 6) is -0.561. The molecule has 0 saturated carbocycles. The molecule has 3 rings (SSSR count). The fourth-order valence-electron chi connectivity index (χ4n) is 2.83. The maximum atomic E-state index is 12.7. The first-order valence-corrected chi connectivity index (χ1v) is 12.7. The quantitative estimate of drug-likeness (QED) is 0.499. The van der Waals surface area contributed by atoms with E-state index >= 15 is 0 Å². The van der Waals surface area contributed by atoms with Crippen LogP contribution in [0.1, 0.15) is 11.1 Å². The molecule has 0 aliphatic heterocycles. The van der Waals surface area contributed by atoms with Crippen LogP contribution in [0, 0.1) is 0 Å². The van der Waals surface area contributed by atoms with Crippen molar-refractivity contribution in [2.45, 2.75) is 22.4 Å². The lowest BCUT2D eigenvalue weighted by molar-refractivity contribution is -0.137. The average molecular weight is 521 g/mol. The standard InChI is InChI=1S/C20H16ClF3N2O5S2/c21-17-11-14(20(22,23)24)12-26-19(17)31-15-5-7-16(8-6-15)32(27,28)10-9-13-3-1-2-4-18(13)33(25,29)30/h1-8,11-12H,9-10H2,(H2,25,29,30). The van der Waals surface area contributed by atoms with E-state index in [2.05, 4.69) is 4.98 Å². The normalized spacial score (nSPS) is 12.5. The summed E-state index contributed by atoms with van der Waals surface area (Å²) in [6.45, 7) is 0.